The average molecular weight is 288 g/mol. The van der Waals surface area contributed by atoms with Crippen LogP contribution >= 0.6 is 11.6 Å². The summed E-state index contributed by atoms with van der Waals surface area (Å²) in [6.07, 6.45) is -0.189. The quantitative estimate of drug-likeness (QED) is 0.347. The van der Waals surface area contributed by atoms with Gasteiger partial charge in [0, 0.05) is 11.4 Å². The number of nitro groups is 1. The van der Waals surface area contributed by atoms with Crippen LogP contribution in [-0.4, -0.2) is 24.6 Å². The molecule has 0 aromatic heterocycles. The topological polar surface area (TPSA) is 78.7 Å². The minimum Gasteiger partial charge on any atom is -0.490 e. The lowest BCUT2D eigenvalue weighted by Crippen LogP contribution is -2.10. The summed E-state index contributed by atoms with van der Waals surface area (Å²) in [6.45, 7) is 1.89. The third-order valence-electron chi connectivity index (χ3n) is 2.41. The van der Waals surface area contributed by atoms with Gasteiger partial charge in [-0.3, -0.25) is 14.9 Å². The minimum absolute atomic E-state index is 0.0856. The molecule has 0 fully saturated rings. The SMILES string of the molecule is CCOC(=O)Cc1cc(CCl)cc(OC)c1[N+](=O)[O-]. The van der Waals surface area contributed by atoms with Gasteiger partial charge in [-0.2, -0.15) is 0 Å². The summed E-state index contributed by atoms with van der Waals surface area (Å²) in [5.74, 6) is -0.272. The zero-order valence-corrected chi connectivity index (χ0v) is 11.4. The number of hydrogen-bond donors (Lipinski definition) is 0. The maximum atomic E-state index is 11.5. The number of rotatable bonds is 6. The Bertz CT molecular complexity index is 489. The molecule has 6 nitrogen and oxygen atoms in total. The Morgan fingerprint density at radius 3 is 2.63 bits per heavy atom. The van der Waals surface area contributed by atoms with Gasteiger partial charge < -0.3 is 9.47 Å². The third kappa shape index (κ3) is 3.82. The van der Waals surface area contributed by atoms with Crippen molar-refractivity contribution in [2.45, 2.75) is 19.2 Å². The molecule has 0 aliphatic heterocycles. The summed E-state index contributed by atoms with van der Waals surface area (Å²) in [6, 6.07) is 3.00. The van der Waals surface area contributed by atoms with Crippen LogP contribution in [0.3, 0.4) is 0 Å². The van der Waals surface area contributed by atoms with Crippen molar-refractivity contribution in [3.63, 3.8) is 0 Å². The summed E-state index contributed by atoms with van der Waals surface area (Å²) in [5, 5.41) is 11.1. The zero-order valence-electron chi connectivity index (χ0n) is 10.6. The molecule has 1 rings (SSSR count). The number of alkyl halides is 1. The van der Waals surface area contributed by atoms with E-state index in [1.165, 1.54) is 19.2 Å². The van der Waals surface area contributed by atoms with Crippen LogP contribution in [0.5, 0.6) is 5.75 Å². The van der Waals surface area contributed by atoms with Gasteiger partial charge in [0.15, 0.2) is 5.75 Å². The Kier molecular flexibility index (Phi) is 5.57. The van der Waals surface area contributed by atoms with Gasteiger partial charge in [0.2, 0.25) is 0 Å². The Morgan fingerprint density at radius 1 is 1.47 bits per heavy atom. The summed E-state index contributed by atoms with van der Waals surface area (Å²) in [5.41, 5.74) is 0.645. The van der Waals surface area contributed by atoms with Crippen molar-refractivity contribution in [2.24, 2.45) is 0 Å². The minimum atomic E-state index is -0.578. The fourth-order valence-electron chi connectivity index (χ4n) is 1.67. The number of carbonyl (C=O) groups is 1. The monoisotopic (exact) mass is 287 g/mol. The molecule has 7 heteroatoms. The number of carbonyl (C=O) groups excluding carboxylic acids is 1. The maximum Gasteiger partial charge on any atom is 0.314 e. The molecule has 0 amide bonds. The first-order chi connectivity index (χ1) is 9.03. The number of methoxy groups -OCH3 is 1. The number of hydrogen-bond acceptors (Lipinski definition) is 5. The molecule has 0 saturated carbocycles. The van der Waals surface area contributed by atoms with E-state index in [2.05, 4.69) is 0 Å². The van der Waals surface area contributed by atoms with E-state index in [1.807, 2.05) is 0 Å². The highest BCUT2D eigenvalue weighted by Crippen LogP contribution is 2.33. The van der Waals surface area contributed by atoms with Gasteiger partial charge in [0.05, 0.1) is 25.1 Å². The lowest BCUT2D eigenvalue weighted by atomic mass is 10.1. The molecule has 0 radical (unpaired) electrons. The summed E-state index contributed by atoms with van der Waals surface area (Å²) < 4.78 is 9.77. The predicted molar refractivity (Wildman–Crippen MR) is 69.5 cm³/mol. The van der Waals surface area contributed by atoms with E-state index in [0.29, 0.717) is 5.56 Å². The molecule has 19 heavy (non-hydrogen) atoms. The van der Waals surface area contributed by atoms with Crippen LogP contribution < -0.4 is 4.74 Å². The van der Waals surface area contributed by atoms with Crippen LogP contribution in [-0.2, 0) is 21.8 Å². The van der Waals surface area contributed by atoms with E-state index < -0.39 is 10.9 Å². The van der Waals surface area contributed by atoms with E-state index in [-0.39, 0.29) is 35.9 Å². The molecule has 0 spiro atoms. The van der Waals surface area contributed by atoms with Crippen molar-refractivity contribution in [1.82, 2.24) is 0 Å². The second-order valence-corrected chi connectivity index (χ2v) is 3.95. The first-order valence-corrected chi connectivity index (χ1v) is 6.12. The first kappa shape index (κ1) is 15.2. The number of esters is 1. The Hall–Kier alpha value is -1.82. The Balaban J connectivity index is 3.25. The van der Waals surface area contributed by atoms with Crippen LogP contribution in [0.1, 0.15) is 18.1 Å². The maximum absolute atomic E-state index is 11.5. The van der Waals surface area contributed by atoms with Crippen molar-refractivity contribution in [1.29, 1.82) is 0 Å². The molecular weight excluding hydrogens is 274 g/mol. The molecule has 1 aromatic rings. The molecule has 0 N–H and O–H groups in total. The molecule has 0 heterocycles. The fourth-order valence-corrected chi connectivity index (χ4v) is 1.83. The molecule has 104 valence electrons. The predicted octanol–water partition coefficient (Wildman–Crippen LogP) is 2.45. The lowest BCUT2D eigenvalue weighted by Gasteiger charge is -2.09. The van der Waals surface area contributed by atoms with Crippen molar-refractivity contribution >= 4 is 23.3 Å². The molecule has 0 saturated heterocycles. The highest BCUT2D eigenvalue weighted by Gasteiger charge is 2.24. The number of nitro benzene ring substituents is 1. The van der Waals surface area contributed by atoms with Gasteiger partial charge in [0.1, 0.15) is 0 Å². The van der Waals surface area contributed by atoms with Gasteiger partial charge in [-0.25, -0.2) is 0 Å². The molecule has 0 bridgehead atoms. The molecular formula is C12H14ClNO5. The van der Waals surface area contributed by atoms with Crippen molar-refractivity contribution in [2.75, 3.05) is 13.7 Å². The molecule has 0 atom stereocenters. The summed E-state index contributed by atoms with van der Waals surface area (Å²) in [7, 11) is 1.33. The fraction of sp³-hybridized carbons (Fsp3) is 0.417. The van der Waals surface area contributed by atoms with E-state index >= 15 is 0 Å². The largest absolute Gasteiger partial charge is 0.490 e. The van der Waals surface area contributed by atoms with Crippen LogP contribution in [0.15, 0.2) is 12.1 Å². The second-order valence-electron chi connectivity index (χ2n) is 3.68. The van der Waals surface area contributed by atoms with E-state index in [1.54, 1.807) is 6.92 Å². The number of benzene rings is 1. The zero-order chi connectivity index (χ0) is 14.4. The Morgan fingerprint density at radius 2 is 2.16 bits per heavy atom. The molecule has 1 aromatic carbocycles. The highest BCUT2D eigenvalue weighted by atomic mass is 35.5. The standard InChI is InChI=1S/C12H14ClNO5/c1-3-19-11(15)6-9-4-8(7-13)5-10(18-2)12(9)14(16)17/h4-5H,3,6-7H2,1-2H3. The van der Waals surface area contributed by atoms with Gasteiger partial charge in [-0.15, -0.1) is 11.6 Å². The van der Waals surface area contributed by atoms with E-state index in [4.69, 9.17) is 21.1 Å². The second kappa shape index (κ2) is 6.94. The van der Waals surface area contributed by atoms with E-state index in [0.717, 1.165) is 0 Å². The summed E-state index contributed by atoms with van der Waals surface area (Å²) in [4.78, 5) is 22.0. The third-order valence-corrected chi connectivity index (χ3v) is 2.72. The molecule has 0 unspecified atom stereocenters. The molecule has 0 aliphatic carbocycles. The van der Waals surface area contributed by atoms with Crippen LogP contribution in [0.2, 0.25) is 0 Å². The van der Waals surface area contributed by atoms with Gasteiger partial charge in [-0.05, 0) is 24.6 Å². The van der Waals surface area contributed by atoms with Crippen molar-refractivity contribution in [3.05, 3.63) is 33.4 Å². The van der Waals surface area contributed by atoms with Gasteiger partial charge in [0.25, 0.3) is 0 Å². The van der Waals surface area contributed by atoms with Crippen molar-refractivity contribution in [3.8, 4) is 5.75 Å². The lowest BCUT2D eigenvalue weighted by molar-refractivity contribution is -0.386. The van der Waals surface area contributed by atoms with E-state index in [9.17, 15) is 14.9 Å². The number of nitrogens with zero attached hydrogens (tertiary/aromatic N) is 1. The number of ether oxygens (including phenoxy) is 2. The first-order valence-electron chi connectivity index (χ1n) is 5.59. The van der Waals surface area contributed by atoms with Gasteiger partial charge >= 0.3 is 11.7 Å². The highest BCUT2D eigenvalue weighted by molar-refractivity contribution is 6.17. The van der Waals surface area contributed by atoms with Crippen LogP contribution in [0.4, 0.5) is 5.69 Å². The normalized spacial score (nSPS) is 10.1. The van der Waals surface area contributed by atoms with Crippen molar-refractivity contribution < 1.29 is 19.2 Å². The van der Waals surface area contributed by atoms with Crippen LogP contribution in [0, 0.1) is 10.1 Å². The average Bonchev–Trinajstić information content (AvgIpc) is 2.37. The smallest absolute Gasteiger partial charge is 0.314 e. The van der Waals surface area contributed by atoms with Crippen LogP contribution in [0.25, 0.3) is 0 Å². The van der Waals surface area contributed by atoms with Gasteiger partial charge in [-0.1, -0.05) is 0 Å². The summed E-state index contributed by atoms with van der Waals surface area (Å²) >= 11 is 5.72. The Labute approximate surface area is 115 Å². The molecule has 0 aliphatic rings. The number of halogens is 1.